The number of benzene rings is 3. The van der Waals surface area contributed by atoms with Crippen LogP contribution in [-0.2, 0) is 16.2 Å². The van der Waals surface area contributed by atoms with Gasteiger partial charge in [0.1, 0.15) is 6.61 Å². The van der Waals surface area contributed by atoms with Crippen molar-refractivity contribution < 1.29 is 19.1 Å². The maximum absolute atomic E-state index is 12.2. The van der Waals surface area contributed by atoms with E-state index in [4.69, 9.17) is 9.47 Å². The lowest BCUT2D eigenvalue weighted by molar-refractivity contribution is -0.124. The molecule has 3 aromatic rings. The zero-order chi connectivity index (χ0) is 26.1. The van der Waals surface area contributed by atoms with Gasteiger partial charge in [-0.15, -0.1) is 0 Å². The van der Waals surface area contributed by atoms with Crippen LogP contribution >= 0.6 is 31.9 Å². The lowest BCUT2D eigenvalue weighted by Crippen LogP contribution is -2.21. The molecule has 0 saturated heterocycles. The Bertz CT molecular complexity index is 1260. The molecule has 0 saturated carbocycles. The van der Waals surface area contributed by atoms with E-state index in [-0.39, 0.29) is 24.7 Å². The Morgan fingerprint density at radius 1 is 1.00 bits per heavy atom. The summed E-state index contributed by atoms with van der Waals surface area (Å²) in [5, 5.41) is 6.84. The van der Waals surface area contributed by atoms with Gasteiger partial charge in [0.05, 0.1) is 17.8 Å². The SMILES string of the molecule is COc1cc(C=NNC(=O)CCC(=O)Nc2cccc(C)c2C)cc(Br)c1OCc1ccc(Br)cc1. The van der Waals surface area contributed by atoms with Crippen molar-refractivity contribution in [1.82, 2.24) is 5.43 Å². The fourth-order valence-corrected chi connectivity index (χ4v) is 4.09. The Labute approximate surface area is 227 Å². The molecule has 3 aromatic carbocycles. The Kier molecular flexibility index (Phi) is 10.1. The molecule has 0 aliphatic heterocycles. The van der Waals surface area contributed by atoms with Gasteiger partial charge in [-0.05, 0) is 82.4 Å². The van der Waals surface area contributed by atoms with Crippen molar-refractivity contribution >= 4 is 55.6 Å². The summed E-state index contributed by atoms with van der Waals surface area (Å²) in [5.74, 6) is 0.506. The Morgan fingerprint density at radius 3 is 2.44 bits per heavy atom. The van der Waals surface area contributed by atoms with Gasteiger partial charge in [-0.2, -0.15) is 5.10 Å². The summed E-state index contributed by atoms with van der Waals surface area (Å²) >= 11 is 6.94. The second-order valence-corrected chi connectivity index (χ2v) is 9.81. The predicted octanol–water partition coefficient (Wildman–Crippen LogP) is 6.29. The molecular weight excluding hydrogens is 590 g/mol. The van der Waals surface area contributed by atoms with Crippen LogP contribution in [0.5, 0.6) is 11.5 Å². The number of methoxy groups -OCH3 is 1. The van der Waals surface area contributed by atoms with Crippen molar-refractivity contribution in [1.29, 1.82) is 0 Å². The van der Waals surface area contributed by atoms with E-state index in [0.717, 1.165) is 26.9 Å². The number of hydrogen-bond acceptors (Lipinski definition) is 5. The summed E-state index contributed by atoms with van der Waals surface area (Å²) in [5.41, 5.74) is 7.01. The zero-order valence-corrected chi connectivity index (χ0v) is 23.4. The lowest BCUT2D eigenvalue weighted by atomic mass is 10.1. The first-order chi connectivity index (χ1) is 17.3. The first-order valence-corrected chi connectivity index (χ1v) is 12.8. The minimum atomic E-state index is -0.358. The van der Waals surface area contributed by atoms with Crippen LogP contribution in [0.3, 0.4) is 0 Å². The Hall–Kier alpha value is -3.17. The molecule has 188 valence electrons. The maximum atomic E-state index is 12.2. The normalized spacial score (nSPS) is 10.8. The largest absolute Gasteiger partial charge is 0.493 e. The third-order valence-electron chi connectivity index (χ3n) is 5.41. The number of carbonyl (C=O) groups is 2. The number of halogens is 2. The fourth-order valence-electron chi connectivity index (χ4n) is 3.25. The number of rotatable bonds is 10. The number of carbonyl (C=O) groups excluding carboxylic acids is 2. The molecule has 0 radical (unpaired) electrons. The molecule has 0 fully saturated rings. The highest BCUT2D eigenvalue weighted by molar-refractivity contribution is 9.10. The number of nitrogens with one attached hydrogen (secondary N) is 2. The first kappa shape index (κ1) is 27.4. The summed E-state index contributed by atoms with van der Waals surface area (Å²) in [6, 6.07) is 17.1. The minimum absolute atomic E-state index is 0.0177. The minimum Gasteiger partial charge on any atom is -0.493 e. The number of aryl methyl sites for hydroxylation is 1. The maximum Gasteiger partial charge on any atom is 0.240 e. The molecule has 9 heteroatoms. The summed E-state index contributed by atoms with van der Waals surface area (Å²) in [6.45, 7) is 4.30. The third kappa shape index (κ3) is 7.93. The van der Waals surface area contributed by atoms with Crippen molar-refractivity contribution in [3.8, 4) is 11.5 Å². The standard InChI is InChI=1S/C27H27Br2N3O4/c1-17-5-4-6-23(18(17)2)31-25(33)11-12-26(34)32-30-15-20-13-22(29)27(24(14-20)35-3)36-16-19-7-9-21(28)10-8-19/h4-10,13-15H,11-12,16H2,1-3H3,(H,31,33)(H,32,34). The van der Waals surface area contributed by atoms with Crippen LogP contribution in [0.1, 0.15) is 35.1 Å². The number of hydrazone groups is 1. The quantitative estimate of drug-likeness (QED) is 0.207. The van der Waals surface area contributed by atoms with Gasteiger partial charge in [0.15, 0.2) is 11.5 Å². The summed E-state index contributed by atoms with van der Waals surface area (Å²) in [6.07, 6.45) is 1.57. The highest BCUT2D eigenvalue weighted by atomic mass is 79.9. The van der Waals surface area contributed by atoms with Gasteiger partial charge < -0.3 is 14.8 Å². The van der Waals surface area contributed by atoms with E-state index >= 15 is 0 Å². The van der Waals surface area contributed by atoms with Gasteiger partial charge in [0.25, 0.3) is 0 Å². The number of nitrogens with zero attached hydrogens (tertiary/aromatic N) is 1. The molecule has 3 rings (SSSR count). The molecule has 0 atom stereocenters. The first-order valence-electron chi connectivity index (χ1n) is 11.2. The van der Waals surface area contributed by atoms with Crippen molar-refractivity contribution in [2.75, 3.05) is 12.4 Å². The second-order valence-electron chi connectivity index (χ2n) is 8.04. The molecule has 0 unspecified atom stereocenters. The smallest absolute Gasteiger partial charge is 0.240 e. The van der Waals surface area contributed by atoms with E-state index in [9.17, 15) is 9.59 Å². The number of anilines is 1. The Morgan fingerprint density at radius 2 is 1.72 bits per heavy atom. The monoisotopic (exact) mass is 615 g/mol. The molecule has 36 heavy (non-hydrogen) atoms. The molecule has 0 spiro atoms. The molecule has 0 aromatic heterocycles. The zero-order valence-electron chi connectivity index (χ0n) is 20.2. The number of hydrogen-bond donors (Lipinski definition) is 2. The molecule has 0 heterocycles. The van der Waals surface area contributed by atoms with Gasteiger partial charge in [-0.1, -0.05) is 40.2 Å². The van der Waals surface area contributed by atoms with Crippen molar-refractivity contribution in [3.63, 3.8) is 0 Å². The van der Waals surface area contributed by atoms with Gasteiger partial charge >= 0.3 is 0 Å². The van der Waals surface area contributed by atoms with Crippen LogP contribution in [0, 0.1) is 13.8 Å². The van der Waals surface area contributed by atoms with E-state index in [1.165, 1.54) is 6.21 Å². The molecule has 0 aliphatic carbocycles. The second kappa shape index (κ2) is 13.2. The molecule has 7 nitrogen and oxygen atoms in total. The summed E-state index contributed by atoms with van der Waals surface area (Å²) in [4.78, 5) is 24.3. The fraction of sp³-hybridized carbons (Fsp3) is 0.222. The van der Waals surface area contributed by atoms with Crippen LogP contribution < -0.4 is 20.2 Å². The van der Waals surface area contributed by atoms with Crippen molar-refractivity contribution in [2.24, 2.45) is 5.10 Å². The van der Waals surface area contributed by atoms with Crippen LogP contribution in [-0.4, -0.2) is 25.1 Å². The topological polar surface area (TPSA) is 89.0 Å². The van der Waals surface area contributed by atoms with Crippen LogP contribution in [0.2, 0.25) is 0 Å². The molecule has 2 N–H and O–H groups in total. The van der Waals surface area contributed by atoms with Crippen molar-refractivity contribution in [3.05, 3.63) is 85.8 Å². The highest BCUT2D eigenvalue weighted by Crippen LogP contribution is 2.37. The molecule has 0 bridgehead atoms. The number of ether oxygens (including phenoxy) is 2. The van der Waals surface area contributed by atoms with Crippen molar-refractivity contribution in [2.45, 2.75) is 33.3 Å². The van der Waals surface area contributed by atoms with Gasteiger partial charge in [0, 0.05) is 23.0 Å². The van der Waals surface area contributed by atoms with Crippen LogP contribution in [0.4, 0.5) is 5.69 Å². The van der Waals surface area contributed by atoms with Crippen LogP contribution in [0.15, 0.2) is 68.6 Å². The summed E-state index contributed by atoms with van der Waals surface area (Å²) in [7, 11) is 1.56. The highest BCUT2D eigenvalue weighted by Gasteiger charge is 2.12. The Balaban J connectivity index is 1.52. The molecule has 2 amide bonds. The van der Waals surface area contributed by atoms with E-state index in [1.54, 1.807) is 13.2 Å². The van der Waals surface area contributed by atoms with E-state index in [0.29, 0.717) is 28.1 Å². The van der Waals surface area contributed by atoms with Gasteiger partial charge in [-0.25, -0.2) is 5.43 Å². The number of amides is 2. The lowest BCUT2D eigenvalue weighted by Gasteiger charge is -2.13. The predicted molar refractivity (Wildman–Crippen MR) is 149 cm³/mol. The average Bonchev–Trinajstić information content (AvgIpc) is 2.85. The molecular formula is C27H27Br2N3O4. The van der Waals surface area contributed by atoms with Crippen LogP contribution in [0.25, 0.3) is 0 Å². The third-order valence-corrected chi connectivity index (χ3v) is 6.53. The van der Waals surface area contributed by atoms with Gasteiger partial charge in [0.2, 0.25) is 11.8 Å². The van der Waals surface area contributed by atoms with E-state index in [2.05, 4.69) is 47.7 Å². The van der Waals surface area contributed by atoms with E-state index in [1.807, 2.05) is 62.4 Å². The molecule has 0 aliphatic rings. The summed E-state index contributed by atoms with van der Waals surface area (Å²) < 4.78 is 13.1. The van der Waals surface area contributed by atoms with E-state index < -0.39 is 0 Å². The average molecular weight is 617 g/mol. The van der Waals surface area contributed by atoms with Gasteiger partial charge in [-0.3, -0.25) is 9.59 Å².